The Balaban J connectivity index is 1.96. The molecule has 1 aliphatic heterocycles. The smallest absolute Gasteiger partial charge is 0.229 e. The van der Waals surface area contributed by atoms with Crippen LogP contribution in [0.15, 0.2) is 48.5 Å². The van der Waals surface area contributed by atoms with Gasteiger partial charge in [-0.3, -0.25) is 9.59 Å². The maximum Gasteiger partial charge on any atom is 0.229 e. The van der Waals surface area contributed by atoms with Gasteiger partial charge in [-0.15, -0.1) is 0 Å². The summed E-state index contributed by atoms with van der Waals surface area (Å²) in [5.74, 6) is -0.390. The summed E-state index contributed by atoms with van der Waals surface area (Å²) in [6, 6.07) is 12.9. The topological polar surface area (TPSA) is 58.6 Å². The first-order valence-electron chi connectivity index (χ1n) is 10.0. The van der Waals surface area contributed by atoms with Crippen molar-refractivity contribution < 1.29 is 18.7 Å². The number of likely N-dealkylation sites (tertiary alicyclic amines) is 1. The highest BCUT2D eigenvalue weighted by Gasteiger charge is 2.41. The van der Waals surface area contributed by atoms with E-state index in [2.05, 4.69) is 12.2 Å². The van der Waals surface area contributed by atoms with Gasteiger partial charge in [-0.05, 0) is 37.1 Å². The van der Waals surface area contributed by atoms with Crippen LogP contribution in [0.5, 0.6) is 5.75 Å². The fraction of sp³-hybridized carbons (Fsp3) is 0.391. The number of amides is 2. The van der Waals surface area contributed by atoms with Crippen LogP contribution in [0.1, 0.15) is 44.2 Å². The molecule has 2 aromatic carbocycles. The molecule has 0 aliphatic carbocycles. The number of ether oxygens (including phenoxy) is 1. The van der Waals surface area contributed by atoms with Crippen LogP contribution >= 0.6 is 0 Å². The van der Waals surface area contributed by atoms with E-state index in [4.69, 9.17) is 4.74 Å². The molecule has 1 heterocycles. The maximum absolute atomic E-state index is 13.5. The zero-order valence-electron chi connectivity index (χ0n) is 16.9. The van der Waals surface area contributed by atoms with Crippen molar-refractivity contribution in [2.75, 3.05) is 19.0 Å². The molecule has 29 heavy (non-hydrogen) atoms. The van der Waals surface area contributed by atoms with Crippen molar-refractivity contribution in [1.82, 2.24) is 4.90 Å². The molecule has 2 aromatic rings. The lowest BCUT2D eigenvalue weighted by atomic mass is 9.83. The fourth-order valence-electron chi connectivity index (χ4n) is 3.92. The first kappa shape index (κ1) is 20.8. The molecule has 1 N–H and O–H groups in total. The van der Waals surface area contributed by atoms with Gasteiger partial charge in [-0.1, -0.05) is 37.6 Å². The van der Waals surface area contributed by atoms with Crippen LogP contribution in [0.4, 0.5) is 10.1 Å². The van der Waals surface area contributed by atoms with Crippen molar-refractivity contribution in [1.29, 1.82) is 0 Å². The SMILES string of the molecule is CCCCN1C(=O)CCC(C(=O)Nc2cccc(F)c2)C1c1ccccc1OC. The Kier molecular flexibility index (Phi) is 6.86. The summed E-state index contributed by atoms with van der Waals surface area (Å²) >= 11 is 0. The first-order valence-corrected chi connectivity index (χ1v) is 10.0. The van der Waals surface area contributed by atoms with E-state index < -0.39 is 17.8 Å². The molecule has 0 saturated carbocycles. The van der Waals surface area contributed by atoms with E-state index in [-0.39, 0.29) is 11.8 Å². The van der Waals surface area contributed by atoms with Crippen LogP contribution in [0, 0.1) is 11.7 Å². The molecule has 1 saturated heterocycles. The van der Waals surface area contributed by atoms with Gasteiger partial charge in [0.15, 0.2) is 0 Å². The monoisotopic (exact) mass is 398 g/mol. The molecule has 0 aromatic heterocycles. The van der Waals surface area contributed by atoms with Crippen LogP contribution in [0.2, 0.25) is 0 Å². The molecule has 2 amide bonds. The second-order valence-corrected chi connectivity index (χ2v) is 7.27. The molecular formula is C23H27FN2O3. The minimum atomic E-state index is -0.455. The van der Waals surface area contributed by atoms with Gasteiger partial charge < -0.3 is 15.0 Å². The molecule has 3 rings (SSSR count). The van der Waals surface area contributed by atoms with Gasteiger partial charge in [0.25, 0.3) is 0 Å². The Labute approximate surface area is 170 Å². The maximum atomic E-state index is 13.5. The predicted octanol–water partition coefficient (Wildman–Crippen LogP) is 4.55. The summed E-state index contributed by atoms with van der Waals surface area (Å²) < 4.78 is 19.1. The molecule has 2 atom stereocenters. The first-order chi connectivity index (χ1) is 14.0. The average molecular weight is 398 g/mol. The highest BCUT2D eigenvalue weighted by Crippen LogP contribution is 2.41. The van der Waals surface area contributed by atoms with E-state index in [0.29, 0.717) is 30.8 Å². The van der Waals surface area contributed by atoms with E-state index in [0.717, 1.165) is 18.4 Å². The van der Waals surface area contributed by atoms with Gasteiger partial charge in [-0.25, -0.2) is 4.39 Å². The number of nitrogens with one attached hydrogen (secondary N) is 1. The Morgan fingerprint density at radius 1 is 1.24 bits per heavy atom. The molecule has 2 unspecified atom stereocenters. The van der Waals surface area contributed by atoms with Crippen molar-refractivity contribution in [3.63, 3.8) is 0 Å². The molecular weight excluding hydrogens is 371 g/mol. The number of hydrogen-bond donors (Lipinski definition) is 1. The lowest BCUT2D eigenvalue weighted by molar-refractivity contribution is -0.142. The van der Waals surface area contributed by atoms with E-state index in [1.54, 1.807) is 24.1 Å². The van der Waals surface area contributed by atoms with E-state index >= 15 is 0 Å². The van der Waals surface area contributed by atoms with Gasteiger partial charge >= 0.3 is 0 Å². The van der Waals surface area contributed by atoms with Gasteiger partial charge in [0.05, 0.1) is 19.1 Å². The van der Waals surface area contributed by atoms with Crippen LogP contribution in [0.3, 0.4) is 0 Å². The highest BCUT2D eigenvalue weighted by molar-refractivity contribution is 5.94. The third kappa shape index (κ3) is 4.75. The van der Waals surface area contributed by atoms with Crippen molar-refractivity contribution in [2.24, 2.45) is 5.92 Å². The van der Waals surface area contributed by atoms with Gasteiger partial charge in [-0.2, -0.15) is 0 Å². The van der Waals surface area contributed by atoms with Crippen molar-refractivity contribution >= 4 is 17.5 Å². The number of nitrogens with zero attached hydrogens (tertiary/aromatic N) is 1. The molecule has 1 fully saturated rings. The summed E-state index contributed by atoms with van der Waals surface area (Å²) in [7, 11) is 1.59. The average Bonchev–Trinajstić information content (AvgIpc) is 2.72. The molecule has 0 bridgehead atoms. The number of anilines is 1. The third-order valence-electron chi connectivity index (χ3n) is 5.35. The van der Waals surface area contributed by atoms with Gasteiger partial charge in [0, 0.05) is 24.2 Å². The summed E-state index contributed by atoms with van der Waals surface area (Å²) in [6.45, 7) is 2.66. The minimum absolute atomic E-state index is 0.0455. The lowest BCUT2D eigenvalue weighted by Gasteiger charge is -2.41. The Morgan fingerprint density at radius 2 is 2.03 bits per heavy atom. The number of methoxy groups -OCH3 is 1. The Morgan fingerprint density at radius 3 is 2.76 bits per heavy atom. The standard InChI is InChI=1S/C23H27FN2O3/c1-3-4-14-26-21(27)13-12-19(22(26)18-10-5-6-11-20(18)29-2)23(28)25-17-9-7-8-16(24)15-17/h5-11,15,19,22H,3-4,12-14H2,1-2H3,(H,25,28). The van der Waals surface area contributed by atoms with Crippen molar-refractivity contribution in [3.8, 4) is 5.75 Å². The summed E-state index contributed by atoms with van der Waals surface area (Å²) in [5.41, 5.74) is 1.23. The Bertz CT molecular complexity index is 871. The quantitative estimate of drug-likeness (QED) is 0.744. The second-order valence-electron chi connectivity index (χ2n) is 7.27. The lowest BCUT2D eigenvalue weighted by Crippen LogP contribution is -2.47. The molecule has 154 valence electrons. The second kappa shape index (κ2) is 9.54. The number of benzene rings is 2. The summed E-state index contributed by atoms with van der Waals surface area (Å²) in [6.07, 6.45) is 2.56. The Hall–Kier alpha value is -2.89. The number of para-hydroxylation sites is 1. The van der Waals surface area contributed by atoms with Crippen molar-refractivity contribution in [3.05, 3.63) is 59.9 Å². The molecule has 6 heteroatoms. The van der Waals surface area contributed by atoms with Crippen LogP contribution in [0.25, 0.3) is 0 Å². The van der Waals surface area contributed by atoms with E-state index in [1.165, 1.54) is 12.1 Å². The number of carbonyl (C=O) groups is 2. The van der Waals surface area contributed by atoms with Crippen LogP contribution in [-0.2, 0) is 9.59 Å². The number of halogens is 1. The van der Waals surface area contributed by atoms with Crippen LogP contribution in [-0.4, -0.2) is 30.4 Å². The molecule has 0 radical (unpaired) electrons. The van der Waals surface area contributed by atoms with E-state index in [1.807, 2.05) is 24.3 Å². The number of carbonyl (C=O) groups excluding carboxylic acids is 2. The summed E-state index contributed by atoms with van der Waals surface area (Å²) in [4.78, 5) is 27.7. The molecule has 5 nitrogen and oxygen atoms in total. The zero-order valence-corrected chi connectivity index (χ0v) is 16.9. The highest BCUT2D eigenvalue weighted by atomic mass is 19.1. The molecule has 0 spiro atoms. The number of hydrogen-bond acceptors (Lipinski definition) is 3. The minimum Gasteiger partial charge on any atom is -0.496 e. The van der Waals surface area contributed by atoms with Crippen LogP contribution < -0.4 is 10.1 Å². The normalized spacial score (nSPS) is 19.1. The number of unbranched alkanes of at least 4 members (excludes halogenated alkanes) is 1. The predicted molar refractivity (Wildman–Crippen MR) is 110 cm³/mol. The number of rotatable bonds is 7. The summed E-state index contributed by atoms with van der Waals surface area (Å²) in [5, 5.41) is 2.82. The van der Waals surface area contributed by atoms with Gasteiger partial charge in [0.2, 0.25) is 11.8 Å². The van der Waals surface area contributed by atoms with Crippen molar-refractivity contribution in [2.45, 2.75) is 38.6 Å². The largest absolute Gasteiger partial charge is 0.496 e. The molecule has 1 aliphatic rings. The zero-order chi connectivity index (χ0) is 20.8. The third-order valence-corrected chi connectivity index (χ3v) is 5.35. The number of piperidine rings is 1. The van der Waals surface area contributed by atoms with Gasteiger partial charge in [0.1, 0.15) is 11.6 Å². The fourth-order valence-corrected chi connectivity index (χ4v) is 3.92. The van der Waals surface area contributed by atoms with E-state index in [9.17, 15) is 14.0 Å².